The second kappa shape index (κ2) is 14.2. The van der Waals surface area contributed by atoms with E-state index in [4.69, 9.17) is 9.47 Å². The van der Waals surface area contributed by atoms with Gasteiger partial charge in [-0.3, -0.25) is 0 Å². The molecule has 0 amide bonds. The van der Waals surface area contributed by atoms with E-state index in [9.17, 15) is 0 Å². The Morgan fingerprint density at radius 2 is 1.14 bits per heavy atom. The molecule has 0 aliphatic rings. The topological polar surface area (TPSA) is 18.5 Å². The zero-order chi connectivity index (χ0) is 20.7. The lowest BCUT2D eigenvalue weighted by Crippen LogP contribution is -1.97. The van der Waals surface area contributed by atoms with E-state index in [1.807, 2.05) is 0 Å². The molecule has 0 N–H and O–H groups in total. The maximum atomic E-state index is 5.92. The van der Waals surface area contributed by atoms with Crippen molar-refractivity contribution in [3.05, 3.63) is 54.1 Å². The van der Waals surface area contributed by atoms with E-state index in [-0.39, 0.29) is 6.10 Å². The molecule has 0 radical (unpaired) electrons. The molecule has 0 saturated heterocycles. The first-order chi connectivity index (χ1) is 14.2. The van der Waals surface area contributed by atoms with Gasteiger partial charge in [-0.1, -0.05) is 101 Å². The molecule has 1 atom stereocenters. The van der Waals surface area contributed by atoms with Crippen molar-refractivity contribution in [1.82, 2.24) is 0 Å². The summed E-state index contributed by atoms with van der Waals surface area (Å²) < 4.78 is 11.3. The third-order valence-corrected chi connectivity index (χ3v) is 5.69. The molecule has 0 bridgehead atoms. The molecule has 2 aromatic rings. The van der Waals surface area contributed by atoms with E-state index in [0.717, 1.165) is 18.8 Å². The highest BCUT2D eigenvalue weighted by molar-refractivity contribution is 5.64. The van der Waals surface area contributed by atoms with Crippen molar-refractivity contribution in [2.75, 3.05) is 13.7 Å². The van der Waals surface area contributed by atoms with Crippen LogP contribution in [0.1, 0.15) is 89.7 Å². The summed E-state index contributed by atoms with van der Waals surface area (Å²) >= 11 is 0. The predicted octanol–water partition coefficient (Wildman–Crippen LogP) is 8.36. The Morgan fingerprint density at radius 1 is 0.655 bits per heavy atom. The maximum Gasteiger partial charge on any atom is 0.119 e. The molecule has 0 fully saturated rings. The zero-order valence-electron chi connectivity index (χ0n) is 18.8. The molecule has 0 aliphatic heterocycles. The molecule has 1 unspecified atom stereocenters. The summed E-state index contributed by atoms with van der Waals surface area (Å²) in [6.45, 7) is 5.16. The summed E-state index contributed by atoms with van der Waals surface area (Å²) in [7, 11) is 1.74. The Morgan fingerprint density at radius 3 is 1.66 bits per heavy atom. The number of hydrogen-bond acceptors (Lipinski definition) is 2. The van der Waals surface area contributed by atoms with E-state index in [1.54, 1.807) is 7.11 Å². The molecule has 160 valence electrons. The quantitative estimate of drug-likeness (QED) is 0.281. The summed E-state index contributed by atoms with van der Waals surface area (Å²) in [5.41, 5.74) is 3.64. The Labute approximate surface area is 178 Å². The van der Waals surface area contributed by atoms with Crippen LogP contribution in [0.3, 0.4) is 0 Å². The van der Waals surface area contributed by atoms with Gasteiger partial charge in [-0.05, 0) is 42.2 Å². The molecule has 0 aliphatic carbocycles. The predicted molar refractivity (Wildman–Crippen MR) is 125 cm³/mol. The van der Waals surface area contributed by atoms with Crippen LogP contribution < -0.4 is 4.74 Å². The second-order valence-electron chi connectivity index (χ2n) is 8.05. The number of benzene rings is 2. The lowest BCUT2D eigenvalue weighted by molar-refractivity contribution is 0.119. The average molecular weight is 397 g/mol. The molecule has 2 nitrogen and oxygen atoms in total. The van der Waals surface area contributed by atoms with Gasteiger partial charge in [0.1, 0.15) is 5.75 Å². The van der Waals surface area contributed by atoms with Crippen molar-refractivity contribution in [3.8, 4) is 16.9 Å². The second-order valence-corrected chi connectivity index (χ2v) is 8.05. The van der Waals surface area contributed by atoms with Crippen molar-refractivity contribution < 1.29 is 9.47 Å². The molecule has 0 spiro atoms. The lowest BCUT2D eigenvalue weighted by Gasteiger charge is -2.11. The largest absolute Gasteiger partial charge is 0.494 e. The standard InChI is InChI=1S/C27H40O2/c1-4-5-6-7-8-9-10-11-12-13-22-29-27-20-18-26(19-21-27)25-16-14-24(15-17-25)23(2)28-3/h14-21,23H,4-13,22H2,1-3H3. The van der Waals surface area contributed by atoms with Crippen LogP contribution in [-0.2, 0) is 4.74 Å². The Kier molecular flexibility index (Phi) is 11.5. The molecule has 2 aromatic carbocycles. The highest BCUT2D eigenvalue weighted by atomic mass is 16.5. The molecule has 2 heteroatoms. The zero-order valence-corrected chi connectivity index (χ0v) is 18.8. The average Bonchev–Trinajstić information content (AvgIpc) is 2.77. The number of hydrogen-bond donors (Lipinski definition) is 0. The van der Waals surface area contributed by atoms with Crippen LogP contribution in [0.4, 0.5) is 0 Å². The summed E-state index contributed by atoms with van der Waals surface area (Å²) in [6, 6.07) is 17.0. The summed E-state index contributed by atoms with van der Waals surface area (Å²) in [5.74, 6) is 0.967. The van der Waals surface area contributed by atoms with Gasteiger partial charge >= 0.3 is 0 Å². The van der Waals surface area contributed by atoms with Crippen LogP contribution in [0.25, 0.3) is 11.1 Å². The van der Waals surface area contributed by atoms with Gasteiger partial charge < -0.3 is 9.47 Å². The number of methoxy groups -OCH3 is 1. The van der Waals surface area contributed by atoms with Gasteiger partial charge in [0.15, 0.2) is 0 Å². The highest BCUT2D eigenvalue weighted by Crippen LogP contribution is 2.25. The first-order valence-corrected chi connectivity index (χ1v) is 11.6. The Hall–Kier alpha value is -1.80. The fourth-order valence-corrected chi connectivity index (χ4v) is 3.61. The van der Waals surface area contributed by atoms with Crippen molar-refractivity contribution in [2.24, 2.45) is 0 Å². The highest BCUT2D eigenvalue weighted by Gasteiger charge is 2.04. The van der Waals surface area contributed by atoms with Crippen molar-refractivity contribution in [1.29, 1.82) is 0 Å². The van der Waals surface area contributed by atoms with Gasteiger partial charge in [-0.2, -0.15) is 0 Å². The fraction of sp³-hybridized carbons (Fsp3) is 0.556. The van der Waals surface area contributed by atoms with E-state index >= 15 is 0 Å². The minimum absolute atomic E-state index is 0.130. The molecule has 0 heterocycles. The van der Waals surface area contributed by atoms with Crippen molar-refractivity contribution in [2.45, 2.75) is 84.2 Å². The van der Waals surface area contributed by atoms with Crippen LogP contribution in [0.15, 0.2) is 48.5 Å². The van der Waals surface area contributed by atoms with Gasteiger partial charge in [0.05, 0.1) is 12.7 Å². The van der Waals surface area contributed by atoms with Crippen molar-refractivity contribution in [3.63, 3.8) is 0 Å². The lowest BCUT2D eigenvalue weighted by atomic mass is 10.0. The molecular weight excluding hydrogens is 356 g/mol. The number of unbranched alkanes of at least 4 members (excludes halogenated alkanes) is 9. The number of ether oxygens (including phenoxy) is 2. The third kappa shape index (κ3) is 9.04. The van der Waals surface area contributed by atoms with Crippen LogP contribution >= 0.6 is 0 Å². The van der Waals surface area contributed by atoms with Crippen LogP contribution in [0.5, 0.6) is 5.75 Å². The van der Waals surface area contributed by atoms with Gasteiger partial charge in [0.25, 0.3) is 0 Å². The summed E-state index contributed by atoms with van der Waals surface area (Å²) in [6.07, 6.45) is 13.7. The Balaban J connectivity index is 1.61. The van der Waals surface area contributed by atoms with Crippen molar-refractivity contribution >= 4 is 0 Å². The third-order valence-electron chi connectivity index (χ3n) is 5.69. The SMILES string of the molecule is CCCCCCCCCCCCOc1ccc(-c2ccc(C(C)OC)cc2)cc1. The molecule has 0 saturated carbocycles. The summed E-state index contributed by atoms with van der Waals surface area (Å²) in [4.78, 5) is 0. The van der Waals surface area contributed by atoms with Gasteiger partial charge in [0.2, 0.25) is 0 Å². The Bertz CT molecular complexity index is 645. The van der Waals surface area contributed by atoms with Gasteiger partial charge in [0, 0.05) is 7.11 Å². The number of rotatable bonds is 15. The normalized spacial score (nSPS) is 12.1. The van der Waals surface area contributed by atoms with Crippen LogP contribution in [0, 0.1) is 0 Å². The van der Waals surface area contributed by atoms with E-state index in [0.29, 0.717) is 0 Å². The van der Waals surface area contributed by atoms with E-state index in [2.05, 4.69) is 62.4 Å². The molecule has 29 heavy (non-hydrogen) atoms. The molecule has 2 rings (SSSR count). The monoisotopic (exact) mass is 396 g/mol. The smallest absolute Gasteiger partial charge is 0.119 e. The van der Waals surface area contributed by atoms with Gasteiger partial charge in [-0.25, -0.2) is 0 Å². The van der Waals surface area contributed by atoms with Gasteiger partial charge in [-0.15, -0.1) is 0 Å². The molecular formula is C27H40O2. The minimum atomic E-state index is 0.130. The minimum Gasteiger partial charge on any atom is -0.494 e. The fourth-order valence-electron chi connectivity index (χ4n) is 3.61. The van der Waals surface area contributed by atoms with Crippen LogP contribution in [-0.4, -0.2) is 13.7 Å². The first kappa shape index (κ1) is 23.5. The summed E-state index contributed by atoms with van der Waals surface area (Å²) in [5, 5.41) is 0. The van der Waals surface area contributed by atoms with E-state index in [1.165, 1.54) is 74.5 Å². The first-order valence-electron chi connectivity index (χ1n) is 11.6. The van der Waals surface area contributed by atoms with Crippen LogP contribution in [0.2, 0.25) is 0 Å². The van der Waals surface area contributed by atoms with E-state index < -0.39 is 0 Å². The maximum absolute atomic E-state index is 5.92. The molecule has 0 aromatic heterocycles.